The number of nitrogens with zero attached hydrogens (tertiary/aromatic N) is 3. The van der Waals surface area contributed by atoms with Gasteiger partial charge in [-0.05, 0) is 24.3 Å². The molecule has 3 aromatic rings. The van der Waals surface area contributed by atoms with Gasteiger partial charge in [0, 0.05) is 29.3 Å². The summed E-state index contributed by atoms with van der Waals surface area (Å²) in [6.45, 7) is 0. The van der Waals surface area contributed by atoms with Gasteiger partial charge in [-0.3, -0.25) is 10.1 Å². The molecule has 9 heteroatoms. The van der Waals surface area contributed by atoms with Gasteiger partial charge in [0.25, 0.3) is 5.69 Å². The number of fused-ring (bicyclic) bond motifs is 1. The van der Waals surface area contributed by atoms with E-state index in [4.69, 9.17) is 11.6 Å². The van der Waals surface area contributed by atoms with Gasteiger partial charge in [-0.1, -0.05) is 11.6 Å². The Balaban J connectivity index is 2.14. The number of nitro benzene ring substituents is 1. The summed E-state index contributed by atoms with van der Waals surface area (Å²) in [5, 5.41) is 10.9. The molecule has 5 nitrogen and oxygen atoms in total. The zero-order valence-electron chi connectivity index (χ0n) is 11.7. The molecule has 1 heterocycles. The van der Waals surface area contributed by atoms with E-state index in [1.165, 1.54) is 30.5 Å². The number of hydrogen-bond acceptors (Lipinski definition) is 4. The van der Waals surface area contributed by atoms with Crippen molar-refractivity contribution in [1.29, 1.82) is 0 Å². The molecule has 0 radical (unpaired) electrons. The maximum absolute atomic E-state index is 12.9. The fraction of sp³-hybridized carbons (Fsp3) is 0.0667. The van der Waals surface area contributed by atoms with Crippen LogP contribution in [0.3, 0.4) is 0 Å². The molecule has 0 fully saturated rings. The Morgan fingerprint density at radius 2 is 1.88 bits per heavy atom. The summed E-state index contributed by atoms with van der Waals surface area (Å²) in [6, 6.07) is 7.33. The highest BCUT2D eigenvalue weighted by atomic mass is 35.5. The van der Waals surface area contributed by atoms with E-state index in [0.717, 1.165) is 12.1 Å². The number of benzene rings is 2. The van der Waals surface area contributed by atoms with Crippen molar-refractivity contribution in [3.05, 3.63) is 63.3 Å². The first-order valence-electron chi connectivity index (χ1n) is 6.54. The first kappa shape index (κ1) is 16.1. The largest absolute Gasteiger partial charge is 0.417 e. The standard InChI is InChI=1S/C15H7ClF3N3O2/c16-12-4-2-8(5-11(12)15(17,18)19)14-20-7-9-1-3-10(22(23)24)6-13(9)21-14/h1-7H. The smallest absolute Gasteiger partial charge is 0.258 e. The Labute approximate surface area is 137 Å². The zero-order valence-corrected chi connectivity index (χ0v) is 12.5. The maximum atomic E-state index is 12.9. The van der Waals surface area contributed by atoms with Gasteiger partial charge in [-0.2, -0.15) is 13.2 Å². The summed E-state index contributed by atoms with van der Waals surface area (Å²) < 4.78 is 38.8. The second-order valence-corrected chi connectivity index (χ2v) is 5.29. The summed E-state index contributed by atoms with van der Waals surface area (Å²) in [5.41, 5.74) is -0.790. The van der Waals surface area contributed by atoms with Crippen molar-refractivity contribution in [1.82, 2.24) is 9.97 Å². The van der Waals surface area contributed by atoms with Crippen LogP contribution in [-0.2, 0) is 6.18 Å². The molecule has 122 valence electrons. The van der Waals surface area contributed by atoms with Crippen molar-refractivity contribution in [2.24, 2.45) is 0 Å². The van der Waals surface area contributed by atoms with Crippen molar-refractivity contribution in [2.75, 3.05) is 0 Å². The van der Waals surface area contributed by atoms with Gasteiger partial charge in [0.1, 0.15) is 0 Å². The van der Waals surface area contributed by atoms with Gasteiger partial charge >= 0.3 is 6.18 Å². The van der Waals surface area contributed by atoms with E-state index in [-0.39, 0.29) is 22.6 Å². The third-order valence-corrected chi connectivity index (χ3v) is 3.64. The van der Waals surface area contributed by atoms with Crippen LogP contribution in [0.15, 0.2) is 42.6 Å². The van der Waals surface area contributed by atoms with E-state index in [9.17, 15) is 23.3 Å². The van der Waals surface area contributed by atoms with Crippen LogP contribution in [0.5, 0.6) is 0 Å². The van der Waals surface area contributed by atoms with Crippen molar-refractivity contribution in [3.63, 3.8) is 0 Å². The molecule has 1 aromatic heterocycles. The topological polar surface area (TPSA) is 68.9 Å². The molecular formula is C15H7ClF3N3O2. The molecule has 0 aliphatic rings. The Bertz CT molecular complexity index is 960. The summed E-state index contributed by atoms with van der Waals surface area (Å²) in [7, 11) is 0. The number of rotatable bonds is 2. The third kappa shape index (κ3) is 3.00. The Hall–Kier alpha value is -2.74. The molecule has 0 amide bonds. The lowest BCUT2D eigenvalue weighted by atomic mass is 10.1. The van der Waals surface area contributed by atoms with Crippen molar-refractivity contribution in [2.45, 2.75) is 6.18 Å². The lowest BCUT2D eigenvalue weighted by molar-refractivity contribution is -0.384. The molecule has 0 N–H and O–H groups in total. The van der Waals surface area contributed by atoms with Crippen LogP contribution < -0.4 is 0 Å². The minimum Gasteiger partial charge on any atom is -0.258 e. The SMILES string of the molecule is O=[N+]([O-])c1ccc2cnc(-c3ccc(Cl)c(C(F)(F)F)c3)nc2c1. The van der Waals surface area contributed by atoms with Crippen molar-refractivity contribution in [3.8, 4) is 11.4 Å². The van der Waals surface area contributed by atoms with Crippen LogP contribution in [0.4, 0.5) is 18.9 Å². The summed E-state index contributed by atoms with van der Waals surface area (Å²) in [6.07, 6.45) is -3.22. The summed E-state index contributed by atoms with van der Waals surface area (Å²) >= 11 is 5.58. The maximum Gasteiger partial charge on any atom is 0.417 e. The predicted octanol–water partition coefficient (Wildman–Crippen LogP) is 4.88. The Morgan fingerprint density at radius 3 is 2.54 bits per heavy atom. The van der Waals surface area contributed by atoms with Gasteiger partial charge in [-0.25, -0.2) is 9.97 Å². The molecule has 24 heavy (non-hydrogen) atoms. The lowest BCUT2D eigenvalue weighted by Crippen LogP contribution is -2.06. The van der Waals surface area contributed by atoms with E-state index in [1.807, 2.05) is 0 Å². The quantitative estimate of drug-likeness (QED) is 0.486. The monoisotopic (exact) mass is 353 g/mol. The second-order valence-electron chi connectivity index (χ2n) is 4.89. The van der Waals surface area contributed by atoms with E-state index >= 15 is 0 Å². The highest BCUT2D eigenvalue weighted by molar-refractivity contribution is 6.31. The summed E-state index contributed by atoms with van der Waals surface area (Å²) in [5.74, 6) is 0.0187. The zero-order chi connectivity index (χ0) is 17.5. The number of non-ortho nitro benzene ring substituents is 1. The molecule has 0 saturated heterocycles. The van der Waals surface area contributed by atoms with Crippen LogP contribution >= 0.6 is 11.6 Å². The molecule has 0 saturated carbocycles. The average molecular weight is 354 g/mol. The molecule has 0 aliphatic heterocycles. The first-order valence-corrected chi connectivity index (χ1v) is 6.92. The number of alkyl halides is 3. The molecule has 0 aliphatic carbocycles. The highest BCUT2D eigenvalue weighted by Gasteiger charge is 2.33. The third-order valence-electron chi connectivity index (χ3n) is 3.31. The first-order chi connectivity index (χ1) is 11.3. The van der Waals surface area contributed by atoms with E-state index in [1.54, 1.807) is 0 Å². The molecule has 3 rings (SSSR count). The van der Waals surface area contributed by atoms with Crippen molar-refractivity contribution < 1.29 is 18.1 Å². The average Bonchev–Trinajstić information content (AvgIpc) is 2.53. The Morgan fingerprint density at radius 1 is 1.12 bits per heavy atom. The minimum absolute atomic E-state index is 0.0187. The number of halogens is 4. The summed E-state index contributed by atoms with van der Waals surface area (Å²) in [4.78, 5) is 18.4. The predicted molar refractivity (Wildman–Crippen MR) is 81.6 cm³/mol. The molecule has 0 atom stereocenters. The molecular weight excluding hydrogens is 347 g/mol. The van der Waals surface area contributed by atoms with Crippen molar-refractivity contribution >= 4 is 28.2 Å². The van der Waals surface area contributed by atoms with Gasteiger partial charge in [-0.15, -0.1) is 0 Å². The van der Waals surface area contributed by atoms with E-state index < -0.39 is 21.7 Å². The second kappa shape index (κ2) is 5.72. The molecule has 2 aromatic carbocycles. The van der Waals surface area contributed by atoms with E-state index in [2.05, 4.69) is 9.97 Å². The van der Waals surface area contributed by atoms with Gasteiger partial charge in [0.2, 0.25) is 0 Å². The lowest BCUT2D eigenvalue weighted by Gasteiger charge is -2.10. The fourth-order valence-electron chi connectivity index (χ4n) is 2.15. The Kier molecular flexibility index (Phi) is 3.84. The minimum atomic E-state index is -4.61. The molecule has 0 spiro atoms. The fourth-order valence-corrected chi connectivity index (χ4v) is 2.37. The molecule has 0 unspecified atom stereocenters. The number of hydrogen-bond donors (Lipinski definition) is 0. The van der Waals surface area contributed by atoms with Gasteiger partial charge in [0.15, 0.2) is 5.82 Å². The van der Waals surface area contributed by atoms with Gasteiger partial charge < -0.3 is 0 Å². The van der Waals surface area contributed by atoms with Crippen LogP contribution in [-0.4, -0.2) is 14.9 Å². The highest BCUT2D eigenvalue weighted by Crippen LogP contribution is 2.36. The van der Waals surface area contributed by atoms with Crippen LogP contribution in [0.25, 0.3) is 22.3 Å². The normalized spacial score (nSPS) is 11.7. The van der Waals surface area contributed by atoms with Crippen LogP contribution in [0, 0.1) is 10.1 Å². The van der Waals surface area contributed by atoms with Crippen LogP contribution in [0.1, 0.15) is 5.56 Å². The van der Waals surface area contributed by atoms with Crippen LogP contribution in [0.2, 0.25) is 5.02 Å². The van der Waals surface area contributed by atoms with E-state index in [0.29, 0.717) is 5.39 Å². The number of aromatic nitrogens is 2. The number of nitro groups is 1. The van der Waals surface area contributed by atoms with Gasteiger partial charge in [0.05, 0.1) is 21.0 Å². The molecule has 0 bridgehead atoms.